The molecule has 0 unspecified atom stereocenters. The average molecular weight is 579 g/mol. The van der Waals surface area contributed by atoms with Crippen molar-refractivity contribution in [3.05, 3.63) is 89.0 Å². The van der Waals surface area contributed by atoms with Gasteiger partial charge >= 0.3 is 20.3 Å². The van der Waals surface area contributed by atoms with Crippen molar-refractivity contribution >= 4 is 25.6 Å². The third-order valence-electron chi connectivity index (χ3n) is 6.72. The van der Waals surface area contributed by atoms with Gasteiger partial charge in [0.2, 0.25) is 0 Å². The van der Waals surface area contributed by atoms with Crippen LogP contribution in [0.4, 0.5) is 0 Å². The molecule has 0 bridgehead atoms. The Morgan fingerprint density at radius 3 is 1.41 bits per heavy atom. The third kappa shape index (κ3) is 9.33. The van der Waals surface area contributed by atoms with Crippen molar-refractivity contribution in [3.8, 4) is 11.5 Å². The predicted octanol–water partition coefficient (Wildman–Crippen LogP) is 7.59. The van der Waals surface area contributed by atoms with E-state index >= 15 is 0 Å². The second kappa shape index (κ2) is 14.0. The molecular formula is C34H43O6P. The van der Waals surface area contributed by atoms with Crippen molar-refractivity contribution in [2.75, 3.05) is 14.2 Å². The van der Waals surface area contributed by atoms with E-state index in [0.29, 0.717) is 25.7 Å². The summed E-state index contributed by atoms with van der Waals surface area (Å²) >= 11 is 0. The van der Waals surface area contributed by atoms with Crippen molar-refractivity contribution in [3.63, 3.8) is 0 Å². The molecule has 0 N–H and O–H groups in total. The standard InChI is InChI=1S/C34H43O6P/c1-33(2,3)27-22-24(16-20-31(35)37-7)14-18-29(27)39-41(26-12-10-9-11-13-26)40-30-19-15-25(17-21-32(36)38-8)23-28(30)34(4,5)6/h9-15,18-19,22-23H,16-17,20-21H2,1-8H3. The summed E-state index contributed by atoms with van der Waals surface area (Å²) in [6, 6.07) is 22.2. The van der Waals surface area contributed by atoms with Gasteiger partial charge < -0.3 is 18.5 Å². The molecule has 0 amide bonds. The lowest BCUT2D eigenvalue weighted by Gasteiger charge is -2.28. The highest BCUT2D eigenvalue weighted by Gasteiger charge is 2.27. The van der Waals surface area contributed by atoms with Crippen LogP contribution in [0.3, 0.4) is 0 Å². The van der Waals surface area contributed by atoms with Crippen LogP contribution in [0.15, 0.2) is 66.7 Å². The van der Waals surface area contributed by atoms with Gasteiger partial charge in [-0.1, -0.05) is 84.0 Å². The van der Waals surface area contributed by atoms with Crippen molar-refractivity contribution in [2.45, 2.75) is 78.1 Å². The number of methoxy groups -OCH3 is 2. The predicted molar refractivity (Wildman–Crippen MR) is 165 cm³/mol. The molecule has 0 saturated heterocycles. The molecule has 0 radical (unpaired) electrons. The highest BCUT2D eigenvalue weighted by molar-refractivity contribution is 7.56. The van der Waals surface area contributed by atoms with E-state index < -0.39 is 8.38 Å². The Bertz CT molecular complexity index is 1240. The van der Waals surface area contributed by atoms with Gasteiger partial charge in [0, 0.05) is 24.0 Å². The fourth-order valence-corrected chi connectivity index (χ4v) is 5.69. The maximum absolute atomic E-state index is 11.7. The molecule has 0 spiro atoms. The molecule has 0 aromatic heterocycles. The molecule has 0 aliphatic carbocycles. The Balaban J connectivity index is 1.99. The lowest BCUT2D eigenvalue weighted by atomic mass is 9.85. The summed E-state index contributed by atoms with van der Waals surface area (Å²) in [7, 11) is 1.27. The van der Waals surface area contributed by atoms with Gasteiger partial charge in [-0.2, -0.15) is 0 Å². The quantitative estimate of drug-likeness (QED) is 0.172. The Morgan fingerprint density at radius 1 is 0.634 bits per heavy atom. The number of ether oxygens (including phenoxy) is 2. The second-order valence-corrected chi connectivity index (χ2v) is 13.5. The van der Waals surface area contributed by atoms with Crippen LogP contribution in [0, 0.1) is 0 Å². The zero-order valence-electron chi connectivity index (χ0n) is 25.6. The number of carbonyl (C=O) groups excluding carboxylic acids is 2. The van der Waals surface area contributed by atoms with Crippen LogP contribution in [-0.4, -0.2) is 26.2 Å². The summed E-state index contributed by atoms with van der Waals surface area (Å²) in [6.45, 7) is 12.9. The van der Waals surface area contributed by atoms with Crippen LogP contribution in [0.2, 0.25) is 0 Å². The van der Waals surface area contributed by atoms with E-state index in [4.69, 9.17) is 18.5 Å². The largest absolute Gasteiger partial charge is 0.469 e. The SMILES string of the molecule is COC(=O)CCc1ccc(OP(Oc2ccc(CCC(=O)OC)cc2C(C)(C)C)c2ccccc2)c(C(C)(C)C)c1. The first-order valence-electron chi connectivity index (χ1n) is 13.9. The van der Waals surface area contributed by atoms with Gasteiger partial charge in [0.05, 0.1) is 19.5 Å². The Labute approximate surface area is 246 Å². The lowest BCUT2D eigenvalue weighted by molar-refractivity contribution is -0.141. The highest BCUT2D eigenvalue weighted by Crippen LogP contribution is 2.46. The van der Waals surface area contributed by atoms with E-state index in [0.717, 1.165) is 39.1 Å². The molecule has 7 heteroatoms. The van der Waals surface area contributed by atoms with E-state index in [2.05, 4.69) is 53.7 Å². The monoisotopic (exact) mass is 578 g/mol. The summed E-state index contributed by atoms with van der Waals surface area (Å²) in [6.07, 6.45) is 1.84. The first kappa shape index (κ1) is 32.1. The molecule has 0 aliphatic heterocycles. The van der Waals surface area contributed by atoms with Crippen molar-refractivity contribution in [1.82, 2.24) is 0 Å². The molecule has 3 aromatic carbocycles. The van der Waals surface area contributed by atoms with Crippen molar-refractivity contribution in [2.24, 2.45) is 0 Å². The minimum atomic E-state index is -1.54. The fourth-order valence-electron chi connectivity index (χ4n) is 4.35. The number of rotatable bonds is 11. The number of benzene rings is 3. The summed E-state index contributed by atoms with van der Waals surface area (Å²) in [4.78, 5) is 23.5. The van der Waals surface area contributed by atoms with Gasteiger partial charge in [-0.25, -0.2) is 0 Å². The Kier molecular flexibility index (Phi) is 11.0. The number of aryl methyl sites for hydroxylation is 2. The average Bonchev–Trinajstić information content (AvgIpc) is 2.94. The van der Waals surface area contributed by atoms with E-state index in [9.17, 15) is 9.59 Å². The highest BCUT2D eigenvalue weighted by atomic mass is 31.2. The second-order valence-electron chi connectivity index (χ2n) is 12.1. The first-order valence-corrected chi connectivity index (χ1v) is 15.1. The molecular weight excluding hydrogens is 535 g/mol. The van der Waals surface area contributed by atoms with Crippen LogP contribution < -0.4 is 14.4 Å². The van der Waals surface area contributed by atoms with Crippen LogP contribution in [0.1, 0.15) is 76.6 Å². The molecule has 3 aromatic rings. The topological polar surface area (TPSA) is 71.1 Å². The number of hydrogen-bond donors (Lipinski definition) is 0. The zero-order chi connectivity index (χ0) is 30.2. The number of esters is 2. The van der Waals surface area contributed by atoms with Gasteiger partial charge in [0.1, 0.15) is 11.5 Å². The third-order valence-corrected chi connectivity index (χ3v) is 8.17. The Hall–Kier alpha value is -3.37. The minimum absolute atomic E-state index is 0.202. The molecule has 220 valence electrons. The van der Waals surface area contributed by atoms with Crippen molar-refractivity contribution < 1.29 is 28.1 Å². The smallest absolute Gasteiger partial charge is 0.326 e. The lowest BCUT2D eigenvalue weighted by Crippen LogP contribution is -2.18. The normalized spacial score (nSPS) is 11.7. The molecule has 0 saturated carbocycles. The van der Waals surface area contributed by atoms with E-state index in [1.807, 2.05) is 54.6 Å². The number of carbonyl (C=O) groups is 2. The maximum Gasteiger partial charge on any atom is 0.326 e. The maximum atomic E-state index is 11.7. The first-order chi connectivity index (χ1) is 19.3. The molecule has 6 nitrogen and oxygen atoms in total. The Morgan fingerprint density at radius 2 is 1.05 bits per heavy atom. The van der Waals surface area contributed by atoms with Gasteiger partial charge in [0.15, 0.2) is 0 Å². The molecule has 41 heavy (non-hydrogen) atoms. The zero-order valence-corrected chi connectivity index (χ0v) is 26.5. The summed E-state index contributed by atoms with van der Waals surface area (Å²) in [5, 5.41) is 0.951. The molecule has 0 fully saturated rings. The van der Waals surface area contributed by atoms with Crippen molar-refractivity contribution in [1.29, 1.82) is 0 Å². The molecule has 0 heterocycles. The van der Waals surface area contributed by atoms with E-state index in [1.54, 1.807) is 0 Å². The van der Waals surface area contributed by atoms with Crippen LogP contribution in [0.5, 0.6) is 11.5 Å². The minimum Gasteiger partial charge on any atom is -0.469 e. The van der Waals surface area contributed by atoms with Gasteiger partial charge in [-0.05, 0) is 59.1 Å². The van der Waals surface area contributed by atoms with Crippen LogP contribution in [0.25, 0.3) is 0 Å². The van der Waals surface area contributed by atoms with Gasteiger partial charge in [-0.15, -0.1) is 0 Å². The van der Waals surface area contributed by atoms with Crippen LogP contribution >= 0.6 is 8.38 Å². The summed E-state index contributed by atoms with van der Waals surface area (Å²) in [5.41, 5.74) is 3.78. The molecule has 0 atom stereocenters. The molecule has 0 aliphatic rings. The van der Waals surface area contributed by atoms with Crippen LogP contribution in [-0.2, 0) is 42.7 Å². The van der Waals surface area contributed by atoms with E-state index in [-0.39, 0.29) is 22.8 Å². The summed E-state index contributed by atoms with van der Waals surface area (Å²) < 4.78 is 23.1. The fraction of sp³-hybridized carbons (Fsp3) is 0.412. The summed E-state index contributed by atoms with van der Waals surface area (Å²) in [5.74, 6) is 1.05. The van der Waals surface area contributed by atoms with Gasteiger partial charge in [0.25, 0.3) is 0 Å². The van der Waals surface area contributed by atoms with Gasteiger partial charge in [-0.3, -0.25) is 9.59 Å². The number of hydrogen-bond acceptors (Lipinski definition) is 6. The molecule has 3 rings (SSSR count). The van der Waals surface area contributed by atoms with E-state index in [1.165, 1.54) is 14.2 Å².